The number of carbonyl (C=O) groups is 1. The van der Waals surface area contributed by atoms with E-state index in [9.17, 15) is 22.8 Å². The molecule has 3 aromatic rings. The van der Waals surface area contributed by atoms with Gasteiger partial charge in [-0.1, -0.05) is 0 Å². The molecule has 0 aliphatic carbocycles. The van der Waals surface area contributed by atoms with E-state index in [4.69, 9.17) is 5.73 Å². The third kappa shape index (κ3) is 4.91. The Morgan fingerprint density at radius 2 is 1.89 bits per heavy atom. The maximum absolute atomic E-state index is 13.2. The standard InChI is InChI=1S/C23H26F3N7O2/c1-12(18-8-15(23(24,25)26)9-19(27)31-18)30-20-17-10-16(14-4-6-33(7-5-14)13(2)34)22(35)32(3)21(17)29-11-28-20/h8-12,14H,4-7H2,1-3H3,(H2,27,31)(H,28,29,30)/t12-/m1/s1. The number of nitrogens with one attached hydrogen (secondary N) is 1. The molecular formula is C23H26F3N7O2. The zero-order valence-corrected chi connectivity index (χ0v) is 19.6. The molecule has 0 spiro atoms. The van der Waals surface area contributed by atoms with Crippen LogP contribution in [0.3, 0.4) is 0 Å². The second kappa shape index (κ2) is 9.16. The number of nitrogen functional groups attached to an aromatic ring is 1. The minimum Gasteiger partial charge on any atom is -0.384 e. The van der Waals surface area contributed by atoms with Crippen molar-refractivity contribution in [2.24, 2.45) is 7.05 Å². The molecular weight excluding hydrogens is 463 g/mol. The van der Waals surface area contributed by atoms with E-state index in [-0.39, 0.29) is 28.9 Å². The number of aryl methyl sites for hydroxylation is 1. The van der Waals surface area contributed by atoms with Gasteiger partial charge in [-0.25, -0.2) is 15.0 Å². The van der Waals surface area contributed by atoms with Crippen molar-refractivity contribution in [3.8, 4) is 0 Å². The first kappa shape index (κ1) is 24.4. The van der Waals surface area contributed by atoms with E-state index in [1.54, 1.807) is 24.9 Å². The van der Waals surface area contributed by atoms with E-state index in [2.05, 4.69) is 20.3 Å². The lowest BCUT2D eigenvalue weighted by Gasteiger charge is -2.31. The summed E-state index contributed by atoms with van der Waals surface area (Å²) in [5.41, 5.74) is 5.64. The van der Waals surface area contributed by atoms with Crippen molar-refractivity contribution < 1.29 is 18.0 Å². The van der Waals surface area contributed by atoms with Gasteiger partial charge in [0.15, 0.2) is 0 Å². The summed E-state index contributed by atoms with van der Waals surface area (Å²) in [6.45, 7) is 4.31. The maximum Gasteiger partial charge on any atom is 0.416 e. The summed E-state index contributed by atoms with van der Waals surface area (Å²) < 4.78 is 41.2. The Hall–Kier alpha value is -3.70. The maximum atomic E-state index is 13.2. The highest BCUT2D eigenvalue weighted by Crippen LogP contribution is 2.33. The van der Waals surface area contributed by atoms with Crippen LogP contribution in [-0.4, -0.2) is 43.4 Å². The Balaban J connectivity index is 1.70. The number of piperidine rings is 1. The Morgan fingerprint density at radius 1 is 1.20 bits per heavy atom. The molecule has 9 nitrogen and oxygen atoms in total. The van der Waals surface area contributed by atoms with Crippen LogP contribution in [0.4, 0.5) is 24.8 Å². The normalized spacial score (nSPS) is 15.9. The van der Waals surface area contributed by atoms with Crippen LogP contribution in [0.25, 0.3) is 11.0 Å². The summed E-state index contributed by atoms with van der Waals surface area (Å²) in [6, 6.07) is 2.81. The van der Waals surface area contributed by atoms with Gasteiger partial charge in [0.1, 0.15) is 23.6 Å². The van der Waals surface area contributed by atoms with Gasteiger partial charge < -0.3 is 16.0 Å². The van der Waals surface area contributed by atoms with Crippen LogP contribution in [0.1, 0.15) is 55.5 Å². The Labute approximate surface area is 199 Å². The molecule has 0 aromatic carbocycles. The average Bonchev–Trinajstić information content (AvgIpc) is 2.80. The van der Waals surface area contributed by atoms with Crippen molar-refractivity contribution in [1.29, 1.82) is 0 Å². The summed E-state index contributed by atoms with van der Waals surface area (Å²) >= 11 is 0. The molecule has 0 saturated carbocycles. The minimum atomic E-state index is -4.56. The van der Waals surface area contributed by atoms with Crippen LogP contribution in [0.5, 0.6) is 0 Å². The summed E-state index contributed by atoms with van der Waals surface area (Å²) in [6.07, 6.45) is -1.96. The molecule has 1 aliphatic rings. The lowest BCUT2D eigenvalue weighted by Crippen LogP contribution is -2.38. The molecule has 1 aliphatic heterocycles. The summed E-state index contributed by atoms with van der Waals surface area (Å²) in [5.74, 6) is 0.0904. The predicted molar refractivity (Wildman–Crippen MR) is 125 cm³/mol. The molecule has 1 fully saturated rings. The Morgan fingerprint density at radius 3 is 2.51 bits per heavy atom. The van der Waals surface area contributed by atoms with E-state index < -0.39 is 17.8 Å². The number of rotatable bonds is 4. The van der Waals surface area contributed by atoms with Gasteiger partial charge in [0.2, 0.25) is 5.91 Å². The van der Waals surface area contributed by atoms with Crippen molar-refractivity contribution in [3.05, 3.63) is 51.7 Å². The smallest absolute Gasteiger partial charge is 0.384 e. The number of anilines is 2. The van der Waals surface area contributed by atoms with Gasteiger partial charge in [-0.3, -0.25) is 14.2 Å². The number of nitrogens with two attached hydrogens (primary N) is 1. The number of nitrogens with zero attached hydrogens (tertiary/aromatic N) is 5. The van der Waals surface area contributed by atoms with E-state index in [0.717, 1.165) is 12.1 Å². The number of fused-ring (bicyclic) bond motifs is 1. The van der Waals surface area contributed by atoms with Gasteiger partial charge in [0.25, 0.3) is 5.56 Å². The van der Waals surface area contributed by atoms with Crippen molar-refractivity contribution in [3.63, 3.8) is 0 Å². The number of amides is 1. The van der Waals surface area contributed by atoms with E-state index in [1.165, 1.54) is 17.8 Å². The van der Waals surface area contributed by atoms with E-state index in [1.807, 2.05) is 0 Å². The molecule has 3 aromatic heterocycles. The fourth-order valence-electron chi connectivity index (χ4n) is 4.44. The number of pyridine rings is 2. The van der Waals surface area contributed by atoms with Crippen LogP contribution in [0.15, 0.2) is 29.3 Å². The summed E-state index contributed by atoms with van der Waals surface area (Å²) in [4.78, 5) is 39.1. The zero-order valence-electron chi connectivity index (χ0n) is 19.6. The number of hydrogen-bond donors (Lipinski definition) is 2. The first-order valence-corrected chi connectivity index (χ1v) is 11.2. The van der Waals surface area contributed by atoms with Gasteiger partial charge in [-0.05, 0) is 43.9 Å². The minimum absolute atomic E-state index is 0.00702. The molecule has 35 heavy (non-hydrogen) atoms. The molecule has 0 unspecified atom stereocenters. The molecule has 1 amide bonds. The molecule has 12 heteroatoms. The highest BCUT2D eigenvalue weighted by Gasteiger charge is 2.32. The Kier molecular flexibility index (Phi) is 6.39. The quantitative estimate of drug-likeness (QED) is 0.578. The van der Waals surface area contributed by atoms with Crippen molar-refractivity contribution in [2.75, 3.05) is 24.1 Å². The largest absolute Gasteiger partial charge is 0.416 e. The molecule has 0 bridgehead atoms. The van der Waals surface area contributed by atoms with E-state index in [0.29, 0.717) is 48.3 Å². The molecule has 1 atom stereocenters. The highest BCUT2D eigenvalue weighted by atomic mass is 19.4. The highest BCUT2D eigenvalue weighted by molar-refractivity contribution is 5.87. The van der Waals surface area contributed by atoms with Crippen LogP contribution in [-0.2, 0) is 18.0 Å². The van der Waals surface area contributed by atoms with Gasteiger partial charge >= 0.3 is 6.18 Å². The summed E-state index contributed by atoms with van der Waals surface area (Å²) in [5, 5.41) is 3.66. The Bertz CT molecular complexity index is 1330. The first-order chi connectivity index (χ1) is 16.5. The number of alkyl halides is 3. The van der Waals surface area contributed by atoms with Crippen molar-refractivity contribution >= 4 is 28.6 Å². The third-order valence-electron chi connectivity index (χ3n) is 6.40. The van der Waals surface area contributed by atoms with Gasteiger partial charge in [-0.15, -0.1) is 0 Å². The second-order valence-corrected chi connectivity index (χ2v) is 8.77. The molecule has 3 N–H and O–H groups in total. The van der Waals surface area contributed by atoms with Crippen LogP contribution in [0.2, 0.25) is 0 Å². The van der Waals surface area contributed by atoms with Gasteiger partial charge in [0, 0.05) is 32.6 Å². The topological polar surface area (TPSA) is 119 Å². The molecule has 186 valence electrons. The average molecular weight is 490 g/mol. The fourth-order valence-corrected chi connectivity index (χ4v) is 4.44. The lowest BCUT2D eigenvalue weighted by molar-refractivity contribution is -0.137. The van der Waals surface area contributed by atoms with Crippen LogP contribution < -0.4 is 16.6 Å². The summed E-state index contributed by atoms with van der Waals surface area (Å²) in [7, 11) is 1.62. The van der Waals surface area contributed by atoms with E-state index >= 15 is 0 Å². The number of hydrogen-bond acceptors (Lipinski definition) is 7. The third-order valence-corrected chi connectivity index (χ3v) is 6.40. The fraction of sp³-hybridized carbons (Fsp3) is 0.435. The van der Waals surface area contributed by atoms with Crippen LogP contribution >= 0.6 is 0 Å². The van der Waals surface area contributed by atoms with Gasteiger partial charge in [0.05, 0.1) is 22.7 Å². The van der Waals surface area contributed by atoms with Gasteiger partial charge in [-0.2, -0.15) is 13.2 Å². The molecule has 0 radical (unpaired) electrons. The second-order valence-electron chi connectivity index (χ2n) is 8.77. The predicted octanol–water partition coefficient (Wildman–Crippen LogP) is 3.22. The van der Waals surface area contributed by atoms with Crippen molar-refractivity contribution in [1.82, 2.24) is 24.4 Å². The lowest BCUT2D eigenvalue weighted by atomic mass is 9.89. The SMILES string of the molecule is CC(=O)N1CCC(c2cc3c(N[C@H](C)c4cc(C(F)(F)F)cc(N)n4)ncnc3n(C)c2=O)CC1. The number of likely N-dealkylation sites (tertiary alicyclic amines) is 1. The monoisotopic (exact) mass is 489 g/mol. The molecule has 1 saturated heterocycles. The zero-order chi connectivity index (χ0) is 25.5. The number of aromatic nitrogens is 4. The molecule has 4 heterocycles. The number of halogens is 3. The number of carbonyl (C=O) groups excluding carboxylic acids is 1. The first-order valence-electron chi connectivity index (χ1n) is 11.2. The van der Waals surface area contributed by atoms with Crippen molar-refractivity contribution in [2.45, 2.75) is 44.8 Å². The van der Waals surface area contributed by atoms with Crippen LogP contribution in [0, 0.1) is 0 Å². The molecule has 4 rings (SSSR count).